The van der Waals surface area contributed by atoms with Gasteiger partial charge in [0.25, 0.3) is 0 Å². The van der Waals surface area contributed by atoms with Crippen LogP contribution in [0.4, 0.5) is 0 Å². The van der Waals surface area contributed by atoms with Gasteiger partial charge in [0.2, 0.25) is 20.0 Å². The maximum atomic E-state index is 12.0. The van der Waals surface area contributed by atoms with E-state index in [1.54, 1.807) is 0 Å². The third-order valence-electron chi connectivity index (χ3n) is 3.02. The quantitative estimate of drug-likeness (QED) is 0.565. The Kier molecular flexibility index (Phi) is 6.78. The molecular formula is C12H20ClN3O4S2. The smallest absolute Gasteiger partial charge is 0.240 e. The van der Waals surface area contributed by atoms with Crippen LogP contribution in [0.2, 0.25) is 0 Å². The van der Waals surface area contributed by atoms with Gasteiger partial charge in [-0.05, 0) is 50.1 Å². The molecule has 1 aromatic rings. The fourth-order valence-corrected chi connectivity index (χ4v) is 4.06. The Hall–Kier alpha value is -0.710. The van der Waals surface area contributed by atoms with Gasteiger partial charge < -0.3 is 5.73 Å². The summed E-state index contributed by atoms with van der Waals surface area (Å²) < 4.78 is 52.7. The lowest BCUT2D eigenvalue weighted by Gasteiger charge is -2.08. The number of sulfonamides is 2. The summed E-state index contributed by atoms with van der Waals surface area (Å²) in [4.78, 5) is 0.0974. The Morgan fingerprint density at radius 1 is 1.00 bits per heavy atom. The molecule has 0 atom stereocenters. The number of rotatable bonds is 8. The molecule has 0 unspecified atom stereocenters. The van der Waals surface area contributed by atoms with Crippen LogP contribution in [0.15, 0.2) is 34.1 Å². The maximum absolute atomic E-state index is 12.0. The van der Waals surface area contributed by atoms with Crippen molar-refractivity contribution in [3.8, 4) is 0 Å². The summed E-state index contributed by atoms with van der Waals surface area (Å²) in [6.45, 7) is 0.647. The summed E-state index contributed by atoms with van der Waals surface area (Å²) in [5.74, 6) is 0. The second-order valence-electron chi connectivity index (χ2n) is 4.91. The first-order valence-corrected chi connectivity index (χ1v) is 9.64. The molecule has 10 heteroatoms. The van der Waals surface area contributed by atoms with Crippen LogP contribution in [0.3, 0.4) is 0 Å². The second kappa shape index (κ2) is 7.71. The lowest BCUT2D eigenvalue weighted by Crippen LogP contribution is -2.27. The predicted molar refractivity (Wildman–Crippen MR) is 85.9 cm³/mol. The Labute approximate surface area is 137 Å². The minimum atomic E-state index is -3.63. The Morgan fingerprint density at radius 3 is 1.95 bits per heavy atom. The molecule has 0 aliphatic heterocycles. The molecule has 1 aliphatic carbocycles. The summed E-state index contributed by atoms with van der Waals surface area (Å²) >= 11 is 0. The molecule has 0 heterocycles. The van der Waals surface area contributed by atoms with Crippen molar-refractivity contribution in [2.75, 3.05) is 13.1 Å². The molecule has 1 saturated carbocycles. The Bertz CT molecular complexity index is 686. The minimum absolute atomic E-state index is 0. The van der Waals surface area contributed by atoms with Crippen LogP contribution in [0, 0.1) is 0 Å². The number of hydrogen-bond acceptors (Lipinski definition) is 5. The van der Waals surface area contributed by atoms with E-state index in [1.807, 2.05) is 0 Å². The van der Waals surface area contributed by atoms with Gasteiger partial charge in [-0.2, -0.15) is 0 Å². The number of nitrogens with one attached hydrogen (secondary N) is 2. The third-order valence-corrected chi connectivity index (χ3v) is 6.03. The number of halogens is 1. The first-order chi connectivity index (χ1) is 9.85. The highest BCUT2D eigenvalue weighted by Gasteiger charge is 2.28. The van der Waals surface area contributed by atoms with Crippen molar-refractivity contribution in [2.45, 2.75) is 35.1 Å². The molecule has 1 aromatic carbocycles. The fourth-order valence-electron chi connectivity index (χ4n) is 1.68. The summed E-state index contributed by atoms with van der Waals surface area (Å²) in [5, 5.41) is 0. The monoisotopic (exact) mass is 369 g/mol. The Morgan fingerprint density at radius 2 is 1.50 bits per heavy atom. The van der Waals surface area contributed by atoms with Crippen molar-refractivity contribution in [3.63, 3.8) is 0 Å². The molecule has 0 aromatic heterocycles. The zero-order chi connectivity index (χ0) is 15.5. The van der Waals surface area contributed by atoms with Crippen LogP contribution in [0.5, 0.6) is 0 Å². The molecule has 1 fully saturated rings. The molecule has 0 radical (unpaired) electrons. The van der Waals surface area contributed by atoms with Crippen molar-refractivity contribution in [1.29, 1.82) is 0 Å². The van der Waals surface area contributed by atoms with Gasteiger partial charge in [-0.15, -0.1) is 12.4 Å². The van der Waals surface area contributed by atoms with Crippen molar-refractivity contribution in [2.24, 2.45) is 5.73 Å². The molecule has 4 N–H and O–H groups in total. The normalized spacial score (nSPS) is 15.3. The zero-order valence-electron chi connectivity index (χ0n) is 11.9. The van der Waals surface area contributed by atoms with E-state index >= 15 is 0 Å². The molecule has 1 aliphatic rings. The van der Waals surface area contributed by atoms with E-state index in [-0.39, 0.29) is 34.8 Å². The lowest BCUT2D eigenvalue weighted by atomic mass is 10.4. The molecule has 0 bridgehead atoms. The predicted octanol–water partition coefficient (Wildman–Crippen LogP) is 0.176. The van der Waals surface area contributed by atoms with Crippen LogP contribution < -0.4 is 15.2 Å². The summed E-state index contributed by atoms with van der Waals surface area (Å²) in [7, 11) is -7.19. The lowest BCUT2D eigenvalue weighted by molar-refractivity contribution is 0.576. The van der Waals surface area contributed by atoms with Gasteiger partial charge in [0.15, 0.2) is 0 Å². The molecule has 126 valence electrons. The average molecular weight is 370 g/mol. The van der Waals surface area contributed by atoms with Gasteiger partial charge in [-0.3, -0.25) is 0 Å². The van der Waals surface area contributed by atoms with E-state index in [4.69, 9.17) is 5.73 Å². The summed E-state index contributed by atoms with van der Waals surface area (Å²) in [6, 6.07) is 5.17. The third kappa shape index (κ3) is 5.18. The molecule has 7 nitrogen and oxygen atoms in total. The molecule has 0 amide bonds. The van der Waals surface area contributed by atoms with E-state index in [9.17, 15) is 16.8 Å². The topological polar surface area (TPSA) is 118 Å². The molecule has 0 saturated heterocycles. The van der Waals surface area contributed by atoms with Crippen LogP contribution in [-0.2, 0) is 20.0 Å². The van der Waals surface area contributed by atoms with E-state index in [0.29, 0.717) is 13.0 Å². The zero-order valence-corrected chi connectivity index (χ0v) is 14.3. The van der Waals surface area contributed by atoms with Crippen molar-refractivity contribution >= 4 is 32.5 Å². The van der Waals surface area contributed by atoms with Gasteiger partial charge in [0.1, 0.15) is 0 Å². The van der Waals surface area contributed by atoms with Crippen molar-refractivity contribution < 1.29 is 16.8 Å². The van der Waals surface area contributed by atoms with E-state index in [0.717, 1.165) is 12.8 Å². The van der Waals surface area contributed by atoms with E-state index in [2.05, 4.69) is 9.44 Å². The SMILES string of the molecule is Cl.NCCCNS(=O)(=O)c1ccc(S(=O)(=O)NC2CC2)cc1. The average Bonchev–Trinajstić information content (AvgIpc) is 3.22. The van der Waals surface area contributed by atoms with E-state index in [1.165, 1.54) is 24.3 Å². The van der Waals surface area contributed by atoms with Crippen LogP contribution in [-0.4, -0.2) is 36.0 Å². The van der Waals surface area contributed by atoms with Crippen molar-refractivity contribution in [1.82, 2.24) is 9.44 Å². The van der Waals surface area contributed by atoms with Gasteiger partial charge in [-0.25, -0.2) is 26.3 Å². The van der Waals surface area contributed by atoms with Crippen molar-refractivity contribution in [3.05, 3.63) is 24.3 Å². The summed E-state index contributed by atoms with van der Waals surface area (Å²) in [6.07, 6.45) is 2.23. The standard InChI is InChI=1S/C12H19N3O4S2.ClH/c13-8-1-9-14-20(16,17)11-4-6-12(7-5-11)21(18,19)15-10-2-3-10;/h4-7,10,14-15H,1-3,8-9,13H2;1H. The molecular weight excluding hydrogens is 350 g/mol. The first-order valence-electron chi connectivity index (χ1n) is 6.67. The van der Waals surface area contributed by atoms with Gasteiger partial charge in [-0.1, -0.05) is 0 Å². The summed E-state index contributed by atoms with van der Waals surface area (Å²) in [5.41, 5.74) is 5.30. The highest BCUT2D eigenvalue weighted by atomic mass is 35.5. The first kappa shape index (κ1) is 19.3. The molecule has 22 heavy (non-hydrogen) atoms. The highest BCUT2D eigenvalue weighted by Crippen LogP contribution is 2.22. The van der Waals surface area contributed by atoms with Crippen LogP contribution in [0.25, 0.3) is 0 Å². The van der Waals surface area contributed by atoms with Crippen LogP contribution >= 0.6 is 12.4 Å². The molecule has 0 spiro atoms. The second-order valence-corrected chi connectivity index (χ2v) is 8.39. The highest BCUT2D eigenvalue weighted by molar-refractivity contribution is 7.90. The van der Waals surface area contributed by atoms with Crippen LogP contribution in [0.1, 0.15) is 19.3 Å². The van der Waals surface area contributed by atoms with E-state index < -0.39 is 20.0 Å². The van der Waals surface area contributed by atoms with Gasteiger partial charge in [0, 0.05) is 12.6 Å². The molecule has 2 rings (SSSR count). The minimum Gasteiger partial charge on any atom is -0.330 e. The van der Waals surface area contributed by atoms with Gasteiger partial charge in [0.05, 0.1) is 9.79 Å². The number of hydrogen-bond donors (Lipinski definition) is 3. The number of nitrogens with two attached hydrogens (primary N) is 1. The fraction of sp³-hybridized carbons (Fsp3) is 0.500. The number of benzene rings is 1. The van der Waals surface area contributed by atoms with Gasteiger partial charge >= 0.3 is 0 Å². The largest absolute Gasteiger partial charge is 0.330 e. The maximum Gasteiger partial charge on any atom is 0.240 e. The Balaban J connectivity index is 0.00000242.